The van der Waals surface area contributed by atoms with Crippen LogP contribution in [0.4, 0.5) is 10.2 Å². The Kier molecular flexibility index (Phi) is 3.86. The van der Waals surface area contributed by atoms with Crippen molar-refractivity contribution in [3.8, 4) is 11.4 Å². The van der Waals surface area contributed by atoms with Crippen LogP contribution in [0.25, 0.3) is 11.4 Å². The van der Waals surface area contributed by atoms with Gasteiger partial charge in [0.05, 0.1) is 5.69 Å². The molecule has 1 aliphatic rings. The molecule has 1 heterocycles. The van der Waals surface area contributed by atoms with Gasteiger partial charge in [-0.25, -0.2) is 14.4 Å². The smallest absolute Gasteiger partial charge is 0.186 e. The number of hydrogen-bond acceptors (Lipinski definition) is 3. The minimum absolute atomic E-state index is 0.302. The van der Waals surface area contributed by atoms with Crippen molar-refractivity contribution in [1.29, 1.82) is 0 Å². The van der Waals surface area contributed by atoms with Gasteiger partial charge < -0.3 is 5.32 Å². The number of rotatable bonds is 5. The molecular formula is C17H20FN3. The van der Waals surface area contributed by atoms with Crippen LogP contribution in [-0.4, -0.2) is 16.5 Å². The minimum atomic E-state index is -0.356. The lowest BCUT2D eigenvalue weighted by Gasteiger charge is -2.10. The highest BCUT2D eigenvalue weighted by Gasteiger charge is 2.23. The largest absolute Gasteiger partial charge is 0.368 e. The first-order valence-corrected chi connectivity index (χ1v) is 7.57. The van der Waals surface area contributed by atoms with Crippen molar-refractivity contribution in [1.82, 2.24) is 9.97 Å². The lowest BCUT2D eigenvalue weighted by atomic mass is 10.1. The summed E-state index contributed by atoms with van der Waals surface area (Å²) in [6, 6.07) is 8.30. The number of nitrogens with zero attached hydrogens (tertiary/aromatic N) is 2. The molecule has 0 amide bonds. The van der Waals surface area contributed by atoms with E-state index >= 15 is 0 Å². The van der Waals surface area contributed by atoms with Crippen LogP contribution in [0.5, 0.6) is 0 Å². The SMILES string of the molecule is CCCNc1nc(-c2cccc(C3CC3)c2)nc(C)c1F. The van der Waals surface area contributed by atoms with Gasteiger partial charge in [-0.1, -0.05) is 25.1 Å². The maximum Gasteiger partial charge on any atom is 0.186 e. The summed E-state index contributed by atoms with van der Waals surface area (Å²) in [6.45, 7) is 4.43. The Morgan fingerprint density at radius 1 is 1.29 bits per heavy atom. The minimum Gasteiger partial charge on any atom is -0.368 e. The average molecular weight is 285 g/mol. The zero-order valence-corrected chi connectivity index (χ0v) is 12.5. The van der Waals surface area contributed by atoms with Crippen LogP contribution < -0.4 is 5.32 Å². The molecule has 0 saturated heterocycles. The lowest BCUT2D eigenvalue weighted by molar-refractivity contribution is 0.605. The molecule has 1 N–H and O–H groups in total. The van der Waals surface area contributed by atoms with Gasteiger partial charge in [-0.2, -0.15) is 0 Å². The van der Waals surface area contributed by atoms with Gasteiger partial charge >= 0.3 is 0 Å². The molecule has 1 aromatic carbocycles. The van der Waals surface area contributed by atoms with Crippen LogP contribution in [0.3, 0.4) is 0 Å². The summed E-state index contributed by atoms with van der Waals surface area (Å²) in [7, 11) is 0. The summed E-state index contributed by atoms with van der Waals surface area (Å²) >= 11 is 0. The van der Waals surface area contributed by atoms with E-state index in [9.17, 15) is 4.39 Å². The zero-order chi connectivity index (χ0) is 14.8. The highest BCUT2D eigenvalue weighted by atomic mass is 19.1. The molecule has 0 bridgehead atoms. The second-order valence-corrected chi connectivity index (χ2v) is 5.62. The number of halogens is 1. The standard InChI is InChI=1S/C17H20FN3/c1-3-9-19-17-15(18)11(2)20-16(21-17)14-6-4-5-13(10-14)12-7-8-12/h4-6,10,12H,3,7-9H2,1-2H3,(H,19,20,21). The highest BCUT2D eigenvalue weighted by molar-refractivity contribution is 5.59. The first-order chi connectivity index (χ1) is 10.2. The van der Waals surface area contributed by atoms with E-state index < -0.39 is 0 Å². The van der Waals surface area contributed by atoms with Crippen molar-refractivity contribution in [2.75, 3.05) is 11.9 Å². The van der Waals surface area contributed by atoms with Gasteiger partial charge in [-0.05, 0) is 43.7 Å². The van der Waals surface area contributed by atoms with Crippen molar-refractivity contribution in [2.24, 2.45) is 0 Å². The molecule has 0 aliphatic heterocycles. The topological polar surface area (TPSA) is 37.8 Å². The Balaban J connectivity index is 1.97. The van der Waals surface area contributed by atoms with Crippen molar-refractivity contribution in [3.63, 3.8) is 0 Å². The van der Waals surface area contributed by atoms with Gasteiger partial charge in [0.25, 0.3) is 0 Å². The molecule has 3 nitrogen and oxygen atoms in total. The molecule has 0 radical (unpaired) electrons. The number of aryl methyl sites for hydroxylation is 1. The number of anilines is 1. The Hall–Kier alpha value is -1.97. The number of aromatic nitrogens is 2. The van der Waals surface area contributed by atoms with Crippen LogP contribution in [0.15, 0.2) is 24.3 Å². The monoisotopic (exact) mass is 285 g/mol. The van der Waals surface area contributed by atoms with Crippen LogP contribution in [0, 0.1) is 12.7 Å². The fraction of sp³-hybridized carbons (Fsp3) is 0.412. The number of hydrogen-bond donors (Lipinski definition) is 1. The molecule has 2 aromatic rings. The lowest BCUT2D eigenvalue weighted by Crippen LogP contribution is -2.08. The van der Waals surface area contributed by atoms with E-state index in [-0.39, 0.29) is 5.82 Å². The first kappa shape index (κ1) is 14.0. The van der Waals surface area contributed by atoms with Gasteiger partial charge in [-0.3, -0.25) is 0 Å². The van der Waals surface area contributed by atoms with Crippen molar-refractivity contribution in [3.05, 3.63) is 41.3 Å². The van der Waals surface area contributed by atoms with Crippen molar-refractivity contribution in [2.45, 2.75) is 39.0 Å². The predicted octanol–water partition coefficient (Wildman–Crippen LogP) is 4.29. The molecule has 3 rings (SSSR count). The molecule has 0 unspecified atom stereocenters. The molecular weight excluding hydrogens is 265 g/mol. The summed E-state index contributed by atoms with van der Waals surface area (Å²) < 4.78 is 14.1. The van der Waals surface area contributed by atoms with E-state index in [1.165, 1.54) is 18.4 Å². The second kappa shape index (κ2) is 5.80. The fourth-order valence-corrected chi connectivity index (χ4v) is 2.40. The molecule has 1 saturated carbocycles. The summed E-state index contributed by atoms with van der Waals surface area (Å²) in [6.07, 6.45) is 3.45. The van der Waals surface area contributed by atoms with Crippen LogP contribution in [0.2, 0.25) is 0 Å². The van der Waals surface area contributed by atoms with E-state index in [0.29, 0.717) is 29.8 Å². The van der Waals surface area contributed by atoms with E-state index in [2.05, 4.69) is 27.4 Å². The third-order valence-electron chi connectivity index (χ3n) is 3.75. The Bertz CT molecular complexity index is 650. The van der Waals surface area contributed by atoms with Crippen LogP contribution >= 0.6 is 0 Å². The van der Waals surface area contributed by atoms with Crippen LogP contribution in [0.1, 0.15) is 43.4 Å². The van der Waals surface area contributed by atoms with Gasteiger partial charge in [0, 0.05) is 12.1 Å². The first-order valence-electron chi connectivity index (χ1n) is 7.57. The molecule has 0 spiro atoms. The Labute approximate surface area is 124 Å². The second-order valence-electron chi connectivity index (χ2n) is 5.62. The molecule has 1 fully saturated rings. The predicted molar refractivity (Wildman–Crippen MR) is 82.9 cm³/mol. The number of benzene rings is 1. The van der Waals surface area contributed by atoms with Gasteiger partial charge in [-0.15, -0.1) is 0 Å². The molecule has 110 valence electrons. The molecule has 21 heavy (non-hydrogen) atoms. The number of nitrogens with one attached hydrogen (secondary N) is 1. The molecule has 0 atom stereocenters. The van der Waals surface area contributed by atoms with E-state index in [0.717, 1.165) is 12.0 Å². The average Bonchev–Trinajstić information content (AvgIpc) is 3.33. The molecule has 4 heteroatoms. The molecule has 1 aromatic heterocycles. The highest BCUT2D eigenvalue weighted by Crippen LogP contribution is 2.40. The third-order valence-corrected chi connectivity index (χ3v) is 3.75. The van der Waals surface area contributed by atoms with Crippen molar-refractivity contribution >= 4 is 5.82 Å². The summed E-state index contributed by atoms with van der Waals surface area (Å²) in [5.41, 5.74) is 2.68. The van der Waals surface area contributed by atoms with Crippen LogP contribution in [-0.2, 0) is 0 Å². The quantitative estimate of drug-likeness (QED) is 0.890. The van der Waals surface area contributed by atoms with E-state index in [1.54, 1.807) is 6.92 Å². The van der Waals surface area contributed by atoms with E-state index in [4.69, 9.17) is 0 Å². The Morgan fingerprint density at radius 2 is 2.10 bits per heavy atom. The van der Waals surface area contributed by atoms with Gasteiger partial charge in [0.2, 0.25) is 0 Å². The maximum absolute atomic E-state index is 14.1. The molecule has 1 aliphatic carbocycles. The normalized spacial score (nSPS) is 14.2. The Morgan fingerprint density at radius 3 is 2.81 bits per heavy atom. The zero-order valence-electron chi connectivity index (χ0n) is 12.5. The summed E-state index contributed by atoms with van der Waals surface area (Å²) in [5, 5.41) is 3.04. The third kappa shape index (κ3) is 3.04. The fourth-order valence-electron chi connectivity index (χ4n) is 2.40. The van der Waals surface area contributed by atoms with Gasteiger partial charge in [0.1, 0.15) is 0 Å². The van der Waals surface area contributed by atoms with Gasteiger partial charge in [0.15, 0.2) is 17.5 Å². The summed E-state index contributed by atoms with van der Waals surface area (Å²) in [4.78, 5) is 8.67. The van der Waals surface area contributed by atoms with E-state index in [1.807, 2.05) is 19.1 Å². The maximum atomic E-state index is 14.1. The van der Waals surface area contributed by atoms with Crippen molar-refractivity contribution < 1.29 is 4.39 Å². The summed E-state index contributed by atoms with van der Waals surface area (Å²) in [5.74, 6) is 1.22.